The molecule has 25 heavy (non-hydrogen) atoms. The Labute approximate surface area is 158 Å². The Morgan fingerprint density at radius 3 is 2.84 bits per heavy atom. The third-order valence-corrected chi connectivity index (χ3v) is 5.62. The monoisotopic (exact) mass is 441 g/mol. The molecule has 2 heterocycles. The van der Waals surface area contributed by atoms with Crippen molar-refractivity contribution in [3.05, 3.63) is 69.5 Å². The Hall–Kier alpha value is -1.90. The maximum Gasteiger partial charge on any atom is 0.239 e. The molecule has 1 N–H and O–H groups in total. The van der Waals surface area contributed by atoms with Crippen molar-refractivity contribution < 1.29 is 13.2 Å². The summed E-state index contributed by atoms with van der Waals surface area (Å²) < 4.78 is 28.9. The van der Waals surface area contributed by atoms with E-state index in [4.69, 9.17) is 11.6 Å². The second kappa shape index (κ2) is 7.15. The normalized spacial score (nSPS) is 11.6. The van der Waals surface area contributed by atoms with Gasteiger partial charge in [-0.05, 0) is 35.9 Å². The number of nitrogens with zero attached hydrogens (tertiary/aromatic N) is 2. The fourth-order valence-corrected chi connectivity index (χ4v) is 4.25. The zero-order valence-electron chi connectivity index (χ0n) is 12.8. The van der Waals surface area contributed by atoms with Gasteiger partial charge in [0, 0.05) is 21.9 Å². The van der Waals surface area contributed by atoms with Crippen LogP contribution in [0.3, 0.4) is 0 Å². The highest BCUT2D eigenvalue weighted by Crippen LogP contribution is 2.22. The summed E-state index contributed by atoms with van der Waals surface area (Å²) >= 11 is 9.16. The first-order chi connectivity index (χ1) is 11.8. The lowest BCUT2D eigenvalue weighted by molar-refractivity contribution is -0.118. The van der Waals surface area contributed by atoms with Crippen molar-refractivity contribution in [1.29, 1.82) is 0 Å². The number of hydrogen-bond acceptors (Lipinski definition) is 4. The fourth-order valence-electron chi connectivity index (χ4n) is 2.34. The summed E-state index contributed by atoms with van der Waals surface area (Å²) in [7, 11) is -3.85. The van der Waals surface area contributed by atoms with Crippen LogP contribution in [-0.2, 0) is 27.0 Å². The second-order valence-corrected chi connectivity index (χ2v) is 8.41. The number of hydrogen-bond donors (Lipinski definition) is 1. The Bertz CT molecular complexity index is 1020. The molecule has 0 aliphatic rings. The van der Waals surface area contributed by atoms with E-state index in [0.29, 0.717) is 26.4 Å². The van der Waals surface area contributed by atoms with Crippen LogP contribution in [0, 0.1) is 0 Å². The van der Waals surface area contributed by atoms with Gasteiger partial charge in [0.15, 0.2) is 0 Å². The lowest BCUT2D eigenvalue weighted by Gasteiger charge is -2.08. The molecule has 1 aromatic carbocycles. The summed E-state index contributed by atoms with van der Waals surface area (Å²) in [6, 6.07) is 10.3. The summed E-state index contributed by atoms with van der Waals surface area (Å²) in [5, 5.41) is 0.421. The number of pyridine rings is 1. The van der Waals surface area contributed by atoms with E-state index in [9.17, 15) is 13.2 Å². The average Bonchev–Trinajstić information content (AvgIpc) is 2.91. The van der Waals surface area contributed by atoms with Crippen LogP contribution in [0.5, 0.6) is 0 Å². The van der Waals surface area contributed by atoms with Gasteiger partial charge in [-0.1, -0.05) is 33.6 Å². The van der Waals surface area contributed by atoms with E-state index < -0.39 is 15.9 Å². The number of benzene rings is 1. The van der Waals surface area contributed by atoms with Gasteiger partial charge in [-0.15, -0.1) is 0 Å². The highest BCUT2D eigenvalue weighted by molar-refractivity contribution is 9.10. The van der Waals surface area contributed by atoms with Crippen LogP contribution in [-0.4, -0.2) is 23.7 Å². The summed E-state index contributed by atoms with van der Waals surface area (Å²) in [4.78, 5) is 16.3. The van der Waals surface area contributed by atoms with Gasteiger partial charge in [0.1, 0.15) is 5.65 Å². The molecule has 0 radical (unpaired) electrons. The highest BCUT2D eigenvalue weighted by Gasteiger charge is 2.18. The van der Waals surface area contributed by atoms with E-state index in [-0.39, 0.29) is 12.2 Å². The van der Waals surface area contributed by atoms with Crippen LogP contribution in [0.15, 0.2) is 53.3 Å². The number of fused-ring (bicyclic) bond motifs is 1. The molecule has 0 saturated heterocycles. The van der Waals surface area contributed by atoms with Gasteiger partial charge in [-0.2, -0.15) is 0 Å². The lowest BCUT2D eigenvalue weighted by atomic mass is 10.2. The Kier molecular flexibility index (Phi) is 5.12. The van der Waals surface area contributed by atoms with Crippen LogP contribution < -0.4 is 4.72 Å². The molecule has 0 saturated carbocycles. The topological polar surface area (TPSA) is 80.5 Å². The summed E-state index contributed by atoms with van der Waals surface area (Å²) in [5.41, 5.74) is 1.65. The second-order valence-electron chi connectivity index (χ2n) is 5.40. The van der Waals surface area contributed by atoms with Crippen molar-refractivity contribution in [3.8, 4) is 0 Å². The maximum atomic E-state index is 12.2. The van der Waals surface area contributed by atoms with E-state index in [2.05, 4.69) is 25.6 Å². The number of carbonyl (C=O) groups is 1. The summed E-state index contributed by atoms with van der Waals surface area (Å²) in [6.07, 6.45) is 3.36. The SMILES string of the molecule is O=C(Cc1cn2ccccc2n1)NS(=O)(=O)Cc1cc(Cl)ccc1Br. The molecule has 3 aromatic rings. The number of aromatic nitrogens is 2. The summed E-state index contributed by atoms with van der Waals surface area (Å²) in [5.74, 6) is -0.994. The van der Waals surface area contributed by atoms with Crippen molar-refractivity contribution in [1.82, 2.24) is 14.1 Å². The van der Waals surface area contributed by atoms with Crippen LogP contribution in [0.2, 0.25) is 5.02 Å². The minimum absolute atomic E-state index is 0.127. The van der Waals surface area contributed by atoms with Gasteiger partial charge in [0.2, 0.25) is 15.9 Å². The number of sulfonamides is 1. The first-order valence-corrected chi connectivity index (χ1v) is 10.0. The van der Waals surface area contributed by atoms with Crippen molar-refractivity contribution in [2.24, 2.45) is 0 Å². The van der Waals surface area contributed by atoms with Crippen molar-refractivity contribution >= 4 is 49.1 Å². The van der Waals surface area contributed by atoms with Gasteiger partial charge < -0.3 is 4.40 Å². The van der Waals surface area contributed by atoms with Crippen LogP contribution in [0.1, 0.15) is 11.3 Å². The minimum atomic E-state index is -3.85. The molecule has 3 rings (SSSR count). The van der Waals surface area contributed by atoms with Crippen LogP contribution in [0.4, 0.5) is 0 Å². The lowest BCUT2D eigenvalue weighted by Crippen LogP contribution is -2.32. The molecule has 0 aliphatic carbocycles. The standard InChI is InChI=1S/C16H13BrClN3O3S/c17-14-5-4-12(18)7-11(14)10-25(23,24)20-16(22)8-13-9-21-6-2-1-3-15(21)19-13/h1-7,9H,8,10H2,(H,20,22). The maximum absolute atomic E-state index is 12.2. The number of rotatable bonds is 5. The predicted molar refractivity (Wildman–Crippen MR) is 98.8 cm³/mol. The number of amides is 1. The number of imidazole rings is 1. The van der Waals surface area contributed by atoms with Crippen molar-refractivity contribution in [3.63, 3.8) is 0 Å². The van der Waals surface area contributed by atoms with Crippen LogP contribution in [0.25, 0.3) is 5.65 Å². The van der Waals surface area contributed by atoms with Crippen LogP contribution >= 0.6 is 27.5 Å². The van der Waals surface area contributed by atoms with Gasteiger partial charge in [-0.3, -0.25) is 9.52 Å². The molecule has 6 nitrogen and oxygen atoms in total. The summed E-state index contributed by atoms with van der Waals surface area (Å²) in [6.45, 7) is 0. The molecule has 0 fully saturated rings. The van der Waals surface area contributed by atoms with Gasteiger partial charge in [0.25, 0.3) is 0 Å². The van der Waals surface area contributed by atoms with Gasteiger partial charge >= 0.3 is 0 Å². The van der Waals surface area contributed by atoms with Crippen molar-refractivity contribution in [2.45, 2.75) is 12.2 Å². The molecular weight excluding hydrogens is 430 g/mol. The molecule has 0 aliphatic heterocycles. The van der Waals surface area contributed by atoms with Crippen molar-refractivity contribution in [2.75, 3.05) is 0 Å². The molecule has 130 valence electrons. The third kappa shape index (κ3) is 4.59. The molecule has 0 atom stereocenters. The molecule has 0 unspecified atom stereocenters. The predicted octanol–water partition coefficient (Wildman–Crippen LogP) is 2.94. The molecular formula is C16H13BrClN3O3S. The molecule has 0 bridgehead atoms. The van der Waals surface area contributed by atoms with E-state index in [0.717, 1.165) is 0 Å². The average molecular weight is 443 g/mol. The first-order valence-electron chi connectivity index (χ1n) is 7.22. The number of halogens is 2. The fraction of sp³-hybridized carbons (Fsp3) is 0.125. The number of carbonyl (C=O) groups excluding carboxylic acids is 1. The molecule has 9 heteroatoms. The Morgan fingerprint density at radius 2 is 2.08 bits per heavy atom. The van der Waals surface area contributed by atoms with E-state index in [1.54, 1.807) is 35.0 Å². The minimum Gasteiger partial charge on any atom is -0.307 e. The third-order valence-electron chi connectivity index (χ3n) is 3.38. The van der Waals surface area contributed by atoms with E-state index in [1.165, 1.54) is 6.07 Å². The van der Waals surface area contributed by atoms with Gasteiger partial charge in [0.05, 0.1) is 17.9 Å². The molecule has 2 aromatic heterocycles. The largest absolute Gasteiger partial charge is 0.307 e. The van der Waals surface area contributed by atoms with E-state index in [1.807, 2.05) is 12.1 Å². The smallest absolute Gasteiger partial charge is 0.239 e. The molecule has 1 amide bonds. The zero-order valence-corrected chi connectivity index (χ0v) is 16.0. The molecule has 0 spiro atoms. The highest BCUT2D eigenvalue weighted by atomic mass is 79.9. The Balaban J connectivity index is 1.69. The Morgan fingerprint density at radius 1 is 1.28 bits per heavy atom. The quantitative estimate of drug-likeness (QED) is 0.659. The van der Waals surface area contributed by atoms with E-state index >= 15 is 0 Å². The zero-order chi connectivity index (χ0) is 18.0. The number of nitrogens with one attached hydrogen (secondary N) is 1. The first kappa shape index (κ1) is 17.9. The van der Waals surface area contributed by atoms with Gasteiger partial charge in [-0.25, -0.2) is 13.4 Å².